The van der Waals surface area contributed by atoms with Crippen molar-refractivity contribution < 1.29 is 13.5 Å². The summed E-state index contributed by atoms with van der Waals surface area (Å²) in [5, 5.41) is 11.4. The molecule has 2 bridgehead atoms. The molecule has 2 fully saturated rings. The van der Waals surface area contributed by atoms with E-state index in [1.807, 2.05) is 18.2 Å². The average Bonchev–Trinajstić information content (AvgIpc) is 2.97. The molecule has 0 amide bonds. The van der Waals surface area contributed by atoms with Gasteiger partial charge in [0, 0.05) is 31.7 Å². The lowest BCUT2D eigenvalue weighted by atomic mass is 9.77. The van der Waals surface area contributed by atoms with E-state index in [1.165, 1.54) is 35.8 Å². The van der Waals surface area contributed by atoms with Gasteiger partial charge in [0.25, 0.3) is 0 Å². The van der Waals surface area contributed by atoms with E-state index < -0.39 is 15.6 Å². The van der Waals surface area contributed by atoms with Gasteiger partial charge in [0.1, 0.15) is 0 Å². The first-order valence-corrected chi connectivity index (χ1v) is 13.3. The van der Waals surface area contributed by atoms with Crippen LogP contribution in [0.25, 0.3) is 0 Å². The van der Waals surface area contributed by atoms with Crippen LogP contribution in [0.2, 0.25) is 0 Å². The molecule has 0 aromatic heterocycles. The van der Waals surface area contributed by atoms with Crippen LogP contribution in [0.15, 0.2) is 48.5 Å². The van der Waals surface area contributed by atoms with Crippen LogP contribution in [0.3, 0.4) is 0 Å². The van der Waals surface area contributed by atoms with E-state index in [-0.39, 0.29) is 0 Å². The number of rotatable bonds is 5. The quantitative estimate of drug-likeness (QED) is 0.748. The minimum atomic E-state index is -3.28. The highest BCUT2D eigenvalue weighted by atomic mass is 32.2. The van der Waals surface area contributed by atoms with Gasteiger partial charge in [-0.25, -0.2) is 8.42 Å². The molecule has 1 aliphatic heterocycles. The van der Waals surface area contributed by atoms with Gasteiger partial charge in [-0.05, 0) is 72.3 Å². The second-order valence-electron chi connectivity index (χ2n) is 9.99. The summed E-state index contributed by atoms with van der Waals surface area (Å²) in [6, 6.07) is 16.4. The number of aliphatic hydroxyl groups is 1. The molecule has 2 aromatic rings. The largest absolute Gasteiger partial charge is 0.388 e. The van der Waals surface area contributed by atoms with Crippen LogP contribution in [-0.2, 0) is 22.9 Å². The number of piperidine rings is 1. The number of fused-ring (bicyclic) bond motifs is 3. The number of sulfonamides is 1. The van der Waals surface area contributed by atoms with Gasteiger partial charge in [-0.15, -0.1) is 0 Å². The molecule has 3 unspecified atom stereocenters. The molecule has 2 N–H and O–H groups in total. The molecular weight excluding hydrogens is 408 g/mol. The molecule has 2 aromatic carbocycles. The highest BCUT2D eigenvalue weighted by molar-refractivity contribution is 7.92. The van der Waals surface area contributed by atoms with Crippen molar-refractivity contribution >= 4 is 15.7 Å². The van der Waals surface area contributed by atoms with Crippen LogP contribution in [0.4, 0.5) is 5.69 Å². The third-order valence-corrected chi connectivity index (χ3v) is 8.11. The normalized spacial score (nSPS) is 30.7. The molecule has 5 rings (SSSR count). The topological polar surface area (TPSA) is 69.6 Å². The molecule has 6 heteroatoms. The number of aryl methyl sites for hydroxylation is 1. The van der Waals surface area contributed by atoms with Gasteiger partial charge in [-0.3, -0.25) is 9.62 Å². The maximum Gasteiger partial charge on any atom is 0.229 e. The number of hydrogen-bond acceptors (Lipinski definition) is 4. The first kappa shape index (κ1) is 21.0. The van der Waals surface area contributed by atoms with Crippen molar-refractivity contribution in [2.75, 3.05) is 30.6 Å². The second-order valence-corrected chi connectivity index (χ2v) is 11.7. The zero-order valence-corrected chi connectivity index (χ0v) is 18.9. The number of likely N-dealkylation sites (tertiary alicyclic amines) is 1. The highest BCUT2D eigenvalue weighted by Gasteiger charge is 2.44. The first-order chi connectivity index (χ1) is 14.8. The summed E-state index contributed by atoms with van der Waals surface area (Å²) in [7, 11) is -3.28. The fourth-order valence-corrected chi connectivity index (χ4v) is 6.91. The van der Waals surface area contributed by atoms with E-state index >= 15 is 0 Å². The number of benzene rings is 2. The lowest BCUT2D eigenvalue weighted by Gasteiger charge is -2.43. The molecule has 166 valence electrons. The van der Waals surface area contributed by atoms with Crippen molar-refractivity contribution in [2.24, 2.45) is 11.8 Å². The zero-order valence-electron chi connectivity index (χ0n) is 18.1. The predicted molar refractivity (Wildman–Crippen MR) is 124 cm³/mol. The molecule has 0 radical (unpaired) electrons. The maximum atomic E-state index is 11.6. The molecule has 0 spiro atoms. The molecule has 3 atom stereocenters. The fourth-order valence-electron chi connectivity index (χ4n) is 6.35. The Morgan fingerprint density at radius 3 is 2.48 bits per heavy atom. The van der Waals surface area contributed by atoms with Gasteiger partial charge in [0.2, 0.25) is 10.0 Å². The number of nitrogens with one attached hydrogen (secondary N) is 1. The molecule has 3 aliphatic rings. The van der Waals surface area contributed by atoms with Crippen LogP contribution in [-0.4, -0.2) is 49.9 Å². The first-order valence-electron chi connectivity index (χ1n) is 11.4. The van der Waals surface area contributed by atoms with Crippen LogP contribution >= 0.6 is 0 Å². The van der Waals surface area contributed by atoms with Crippen LogP contribution in [0.5, 0.6) is 0 Å². The minimum absolute atomic E-state index is 0.472. The van der Waals surface area contributed by atoms with Crippen LogP contribution < -0.4 is 4.72 Å². The van der Waals surface area contributed by atoms with Crippen molar-refractivity contribution in [3.8, 4) is 0 Å². The summed E-state index contributed by atoms with van der Waals surface area (Å²) in [6.45, 7) is 2.76. The zero-order chi connectivity index (χ0) is 21.6. The fraction of sp³-hybridized carbons (Fsp3) is 0.520. The molecular formula is C25H32N2O3S. The van der Waals surface area contributed by atoms with Crippen molar-refractivity contribution in [3.63, 3.8) is 0 Å². The van der Waals surface area contributed by atoms with E-state index in [1.54, 1.807) is 0 Å². The third kappa shape index (κ3) is 4.52. The summed E-state index contributed by atoms with van der Waals surface area (Å²) in [4.78, 5) is 2.49. The summed E-state index contributed by atoms with van der Waals surface area (Å²) in [6.07, 6.45) is 6.14. The molecule has 2 aliphatic carbocycles. The van der Waals surface area contributed by atoms with Gasteiger partial charge in [0.05, 0.1) is 11.9 Å². The molecule has 1 saturated carbocycles. The summed E-state index contributed by atoms with van der Waals surface area (Å²) in [5.41, 5.74) is 3.93. The summed E-state index contributed by atoms with van der Waals surface area (Å²) >= 11 is 0. The van der Waals surface area contributed by atoms with E-state index in [2.05, 4.69) is 40.0 Å². The van der Waals surface area contributed by atoms with Gasteiger partial charge in [-0.2, -0.15) is 0 Å². The average molecular weight is 441 g/mol. The van der Waals surface area contributed by atoms with Gasteiger partial charge in [0.15, 0.2) is 0 Å². The monoisotopic (exact) mass is 440 g/mol. The highest BCUT2D eigenvalue weighted by Crippen LogP contribution is 2.48. The molecule has 31 heavy (non-hydrogen) atoms. The Labute approximate surface area is 185 Å². The van der Waals surface area contributed by atoms with Gasteiger partial charge in [-0.1, -0.05) is 36.4 Å². The smallest absolute Gasteiger partial charge is 0.229 e. The van der Waals surface area contributed by atoms with E-state index in [9.17, 15) is 13.5 Å². The lowest BCUT2D eigenvalue weighted by molar-refractivity contribution is -0.0219. The number of anilines is 1. The van der Waals surface area contributed by atoms with Crippen LogP contribution in [0.1, 0.15) is 41.9 Å². The SMILES string of the molecule is CS(=O)(=O)Nc1cccc(C2C3CCC2CN(CC2(O)CCc4ccccc4C2)C3)c1. The van der Waals surface area contributed by atoms with Crippen molar-refractivity contribution in [1.29, 1.82) is 0 Å². The predicted octanol–water partition coefficient (Wildman–Crippen LogP) is 3.40. The Kier molecular flexibility index (Phi) is 5.35. The lowest BCUT2D eigenvalue weighted by Crippen LogP contribution is -2.51. The van der Waals surface area contributed by atoms with E-state index in [0.29, 0.717) is 23.4 Å². The van der Waals surface area contributed by atoms with Gasteiger partial charge < -0.3 is 5.11 Å². The Morgan fingerprint density at radius 2 is 1.77 bits per heavy atom. The second kappa shape index (κ2) is 7.91. The van der Waals surface area contributed by atoms with Crippen molar-refractivity contribution in [2.45, 2.75) is 43.6 Å². The molecule has 1 saturated heterocycles. The minimum Gasteiger partial charge on any atom is -0.388 e. The maximum absolute atomic E-state index is 11.6. The Hall–Kier alpha value is -1.89. The van der Waals surface area contributed by atoms with Crippen LogP contribution in [0, 0.1) is 11.8 Å². The standard InChI is InChI=1S/C25H32N2O3S/c1-31(29,30)26-23-8-4-7-19(13-23)24-21-9-10-22(24)16-27(15-21)17-25(28)12-11-18-5-2-3-6-20(18)14-25/h2-8,13,21-22,24,26,28H,9-12,14-17H2,1H3. The number of nitrogens with zero attached hydrogens (tertiary/aromatic N) is 1. The van der Waals surface area contributed by atoms with Crippen molar-refractivity contribution in [3.05, 3.63) is 65.2 Å². The molecule has 1 heterocycles. The number of β-amino-alcohol motifs (C(OH)–C–C–N with tert-alkyl or cyclic N) is 1. The van der Waals surface area contributed by atoms with E-state index in [0.717, 1.165) is 38.9 Å². The van der Waals surface area contributed by atoms with Crippen molar-refractivity contribution in [1.82, 2.24) is 4.90 Å². The Balaban J connectivity index is 1.28. The van der Waals surface area contributed by atoms with E-state index in [4.69, 9.17) is 0 Å². The Bertz CT molecular complexity index is 1060. The van der Waals surface area contributed by atoms with Gasteiger partial charge >= 0.3 is 0 Å². The summed E-state index contributed by atoms with van der Waals surface area (Å²) < 4.78 is 25.9. The molecule has 5 nitrogen and oxygen atoms in total. The Morgan fingerprint density at radius 1 is 1.06 bits per heavy atom. The third-order valence-electron chi connectivity index (χ3n) is 7.50. The number of hydrogen-bond donors (Lipinski definition) is 2. The summed E-state index contributed by atoms with van der Waals surface area (Å²) in [5.74, 6) is 1.60.